The summed E-state index contributed by atoms with van der Waals surface area (Å²) in [5, 5.41) is 3.65. The largest absolute Gasteiger partial charge is 0.314 e. The van der Waals surface area contributed by atoms with Gasteiger partial charge < -0.3 is 10.2 Å². The number of hydrogen-bond acceptors (Lipinski definition) is 2. The van der Waals surface area contributed by atoms with E-state index in [1.807, 2.05) is 0 Å². The molecule has 0 aromatic carbocycles. The van der Waals surface area contributed by atoms with Gasteiger partial charge in [-0.05, 0) is 63.6 Å². The summed E-state index contributed by atoms with van der Waals surface area (Å²) < 4.78 is 0. The molecule has 1 aliphatic rings. The first-order valence-corrected chi connectivity index (χ1v) is 8.03. The third kappa shape index (κ3) is 6.19. The highest BCUT2D eigenvalue weighted by molar-refractivity contribution is 4.79. The van der Waals surface area contributed by atoms with Crippen LogP contribution >= 0.6 is 0 Å². The fraction of sp³-hybridized carbons (Fsp3) is 1.00. The van der Waals surface area contributed by atoms with E-state index in [4.69, 9.17) is 0 Å². The molecule has 2 nitrogen and oxygen atoms in total. The van der Waals surface area contributed by atoms with Crippen molar-refractivity contribution in [3.05, 3.63) is 0 Å². The second-order valence-corrected chi connectivity index (χ2v) is 6.75. The molecule has 1 atom stereocenters. The number of likely N-dealkylation sites (tertiary alicyclic amines) is 1. The minimum absolute atomic E-state index is 0.545. The molecule has 2 heteroatoms. The molecule has 1 N–H and O–H groups in total. The Bertz CT molecular complexity index is 213. The van der Waals surface area contributed by atoms with Crippen LogP contribution in [0, 0.1) is 5.41 Å². The molecule has 18 heavy (non-hydrogen) atoms. The van der Waals surface area contributed by atoms with Crippen molar-refractivity contribution in [3.63, 3.8) is 0 Å². The summed E-state index contributed by atoms with van der Waals surface area (Å²) in [5.41, 5.74) is 0.545. The van der Waals surface area contributed by atoms with Crippen molar-refractivity contribution in [2.75, 3.05) is 26.2 Å². The van der Waals surface area contributed by atoms with E-state index >= 15 is 0 Å². The molecular weight excluding hydrogens is 220 g/mol. The average molecular weight is 254 g/mol. The molecule has 0 aliphatic carbocycles. The maximum absolute atomic E-state index is 3.65. The van der Waals surface area contributed by atoms with Gasteiger partial charge in [-0.15, -0.1) is 0 Å². The zero-order chi connectivity index (χ0) is 13.4. The maximum Gasteiger partial charge on any atom is 0.00649 e. The highest BCUT2D eigenvalue weighted by Crippen LogP contribution is 2.28. The summed E-state index contributed by atoms with van der Waals surface area (Å²) in [5.74, 6) is 0. The van der Waals surface area contributed by atoms with Crippen molar-refractivity contribution in [3.8, 4) is 0 Å². The number of rotatable bonds is 8. The van der Waals surface area contributed by atoms with Crippen molar-refractivity contribution in [1.82, 2.24) is 10.2 Å². The Labute approximate surface area is 115 Å². The minimum atomic E-state index is 0.545. The molecule has 0 bridgehead atoms. The van der Waals surface area contributed by atoms with Gasteiger partial charge in [0.2, 0.25) is 0 Å². The van der Waals surface area contributed by atoms with Crippen LogP contribution in [0.2, 0.25) is 0 Å². The van der Waals surface area contributed by atoms with Crippen LogP contribution in [-0.2, 0) is 0 Å². The monoisotopic (exact) mass is 254 g/mol. The Hall–Kier alpha value is -0.0800. The molecular formula is C16H34N2. The van der Waals surface area contributed by atoms with E-state index in [1.165, 1.54) is 64.7 Å². The van der Waals surface area contributed by atoms with Crippen LogP contribution in [0.15, 0.2) is 0 Å². The van der Waals surface area contributed by atoms with E-state index in [1.54, 1.807) is 0 Å². The third-order valence-corrected chi connectivity index (χ3v) is 4.18. The smallest absolute Gasteiger partial charge is 0.00649 e. The Morgan fingerprint density at radius 2 is 2.06 bits per heavy atom. The van der Waals surface area contributed by atoms with Gasteiger partial charge in [0.15, 0.2) is 0 Å². The van der Waals surface area contributed by atoms with Gasteiger partial charge in [0, 0.05) is 12.6 Å². The van der Waals surface area contributed by atoms with Crippen molar-refractivity contribution >= 4 is 0 Å². The van der Waals surface area contributed by atoms with Gasteiger partial charge in [-0.25, -0.2) is 0 Å². The lowest BCUT2D eigenvalue weighted by atomic mass is 9.84. The second-order valence-electron chi connectivity index (χ2n) is 6.75. The molecule has 1 saturated heterocycles. The van der Waals surface area contributed by atoms with E-state index in [2.05, 4.69) is 37.9 Å². The molecule has 0 aromatic heterocycles. The second kappa shape index (κ2) is 8.16. The third-order valence-electron chi connectivity index (χ3n) is 4.18. The lowest BCUT2D eigenvalue weighted by molar-refractivity contribution is 0.115. The van der Waals surface area contributed by atoms with Gasteiger partial charge in [0.25, 0.3) is 0 Å². The Morgan fingerprint density at radius 3 is 2.67 bits per heavy atom. The molecule has 0 spiro atoms. The quantitative estimate of drug-likeness (QED) is 0.711. The summed E-state index contributed by atoms with van der Waals surface area (Å²) in [6.07, 6.45) is 8.00. The first kappa shape index (κ1) is 16.0. The van der Waals surface area contributed by atoms with Gasteiger partial charge in [0.05, 0.1) is 0 Å². The predicted molar refractivity (Wildman–Crippen MR) is 81.1 cm³/mol. The van der Waals surface area contributed by atoms with Crippen molar-refractivity contribution < 1.29 is 0 Å². The van der Waals surface area contributed by atoms with Gasteiger partial charge in [-0.3, -0.25) is 0 Å². The van der Waals surface area contributed by atoms with Crippen molar-refractivity contribution in [2.24, 2.45) is 5.41 Å². The number of nitrogens with zero attached hydrogens (tertiary/aromatic N) is 1. The fourth-order valence-corrected chi connectivity index (χ4v) is 3.10. The van der Waals surface area contributed by atoms with Gasteiger partial charge >= 0.3 is 0 Å². The first-order chi connectivity index (χ1) is 8.57. The molecule has 1 unspecified atom stereocenters. The van der Waals surface area contributed by atoms with Crippen LogP contribution in [-0.4, -0.2) is 37.1 Å². The average Bonchev–Trinajstić information content (AvgIpc) is 2.32. The normalized spacial score (nSPS) is 22.0. The van der Waals surface area contributed by atoms with Crippen molar-refractivity contribution in [2.45, 2.75) is 72.3 Å². The fourth-order valence-electron chi connectivity index (χ4n) is 3.10. The molecule has 0 radical (unpaired) electrons. The number of hydrogen-bond donors (Lipinski definition) is 1. The zero-order valence-electron chi connectivity index (χ0n) is 13.1. The van der Waals surface area contributed by atoms with Crippen LogP contribution in [0.4, 0.5) is 0 Å². The Morgan fingerprint density at radius 1 is 1.28 bits per heavy atom. The molecule has 108 valence electrons. The zero-order valence-corrected chi connectivity index (χ0v) is 13.1. The van der Waals surface area contributed by atoms with Crippen molar-refractivity contribution in [1.29, 1.82) is 0 Å². The van der Waals surface area contributed by atoms with Gasteiger partial charge in [0.1, 0.15) is 0 Å². The molecule has 1 fully saturated rings. The molecule has 0 aromatic rings. The van der Waals surface area contributed by atoms with E-state index in [-0.39, 0.29) is 0 Å². The highest BCUT2D eigenvalue weighted by Gasteiger charge is 2.25. The summed E-state index contributed by atoms with van der Waals surface area (Å²) in [6.45, 7) is 14.5. The minimum Gasteiger partial charge on any atom is -0.314 e. The van der Waals surface area contributed by atoms with Crippen LogP contribution in [0.3, 0.4) is 0 Å². The van der Waals surface area contributed by atoms with Crippen LogP contribution in [0.25, 0.3) is 0 Å². The molecule has 1 aliphatic heterocycles. The summed E-state index contributed by atoms with van der Waals surface area (Å²) in [7, 11) is 0. The first-order valence-electron chi connectivity index (χ1n) is 8.03. The molecule has 0 saturated carbocycles. The summed E-state index contributed by atoms with van der Waals surface area (Å²) in [6, 6.07) is 0.739. The number of nitrogens with one attached hydrogen (secondary N) is 1. The lowest BCUT2D eigenvalue weighted by Crippen LogP contribution is -2.41. The molecule has 0 amide bonds. The van der Waals surface area contributed by atoms with Crippen LogP contribution in [0.5, 0.6) is 0 Å². The Kier molecular flexibility index (Phi) is 7.25. The Balaban J connectivity index is 2.16. The van der Waals surface area contributed by atoms with E-state index in [0.717, 1.165) is 6.04 Å². The van der Waals surface area contributed by atoms with E-state index < -0.39 is 0 Å². The topological polar surface area (TPSA) is 15.3 Å². The SMILES string of the molecule is CCCNC(CC)CCCN1CCCC(C)(C)C1. The maximum atomic E-state index is 3.65. The highest BCUT2D eigenvalue weighted by atomic mass is 15.1. The van der Waals surface area contributed by atoms with Gasteiger partial charge in [-0.2, -0.15) is 0 Å². The van der Waals surface area contributed by atoms with Crippen LogP contribution in [0.1, 0.15) is 66.2 Å². The van der Waals surface area contributed by atoms with E-state index in [0.29, 0.717) is 5.41 Å². The van der Waals surface area contributed by atoms with Gasteiger partial charge in [-0.1, -0.05) is 27.7 Å². The summed E-state index contributed by atoms with van der Waals surface area (Å²) >= 11 is 0. The lowest BCUT2D eigenvalue weighted by Gasteiger charge is -2.38. The standard InChI is InChI=1S/C16H34N2/c1-5-11-17-15(6-2)9-7-12-18-13-8-10-16(3,4)14-18/h15,17H,5-14H2,1-4H3. The number of piperidine rings is 1. The van der Waals surface area contributed by atoms with Crippen LogP contribution < -0.4 is 5.32 Å². The predicted octanol–water partition coefficient (Wildman–Crippen LogP) is 3.67. The van der Waals surface area contributed by atoms with E-state index in [9.17, 15) is 0 Å². The molecule has 1 heterocycles. The summed E-state index contributed by atoms with van der Waals surface area (Å²) in [4.78, 5) is 2.68. The molecule has 1 rings (SSSR count).